The first-order valence-electron chi connectivity index (χ1n) is 9.17. The summed E-state index contributed by atoms with van der Waals surface area (Å²) in [6.07, 6.45) is 4.41. The fraction of sp³-hybridized carbons (Fsp3) is 0.381. The van der Waals surface area contributed by atoms with Gasteiger partial charge in [-0.3, -0.25) is 4.79 Å². The van der Waals surface area contributed by atoms with Gasteiger partial charge in [0.05, 0.1) is 24.3 Å². The monoisotopic (exact) mass is 395 g/mol. The number of nitriles is 2. The molecule has 0 fully saturated rings. The summed E-state index contributed by atoms with van der Waals surface area (Å²) in [5, 5.41) is 22.0. The molecule has 1 aliphatic rings. The van der Waals surface area contributed by atoms with Crippen LogP contribution in [-0.2, 0) is 17.6 Å². The number of rotatable bonds is 5. The molecule has 6 nitrogen and oxygen atoms in total. The Morgan fingerprint density at radius 1 is 1.18 bits per heavy atom. The molecule has 2 aromatic rings. The van der Waals surface area contributed by atoms with Crippen molar-refractivity contribution in [1.82, 2.24) is 0 Å². The number of hydrogen-bond acceptors (Lipinski definition) is 6. The van der Waals surface area contributed by atoms with Gasteiger partial charge < -0.3 is 14.8 Å². The number of carbonyl (C=O) groups is 1. The Kier molecular flexibility index (Phi) is 6.18. The molecule has 0 saturated carbocycles. The number of anilines is 1. The average molecular weight is 395 g/mol. The number of nitrogens with one attached hydrogen (secondary N) is 1. The minimum Gasteiger partial charge on any atom is -0.493 e. The lowest BCUT2D eigenvalue weighted by Gasteiger charge is -2.16. The molecular formula is C21H21N3O3S. The lowest BCUT2D eigenvalue weighted by molar-refractivity contribution is -0.122. The predicted octanol–water partition coefficient (Wildman–Crippen LogP) is 4.17. The molecule has 1 heterocycles. The van der Waals surface area contributed by atoms with E-state index in [4.69, 9.17) is 14.7 Å². The highest BCUT2D eigenvalue weighted by Crippen LogP contribution is 2.37. The van der Waals surface area contributed by atoms with E-state index in [0.717, 1.165) is 31.2 Å². The summed E-state index contributed by atoms with van der Waals surface area (Å²) in [6, 6.07) is 9.06. The standard InChI is InChI=1S/C21H21N3O3S/c1-13(27-17-9-8-14(11-22)10-18(17)26-2)20(25)24-21-16(12-23)15-6-4-3-5-7-19(15)28-21/h8-10,13H,3-7H2,1-2H3,(H,24,25). The lowest BCUT2D eigenvalue weighted by Crippen LogP contribution is -2.30. The molecule has 7 heteroatoms. The molecule has 0 spiro atoms. The molecular weight excluding hydrogens is 374 g/mol. The number of amides is 1. The fourth-order valence-electron chi connectivity index (χ4n) is 3.24. The maximum atomic E-state index is 12.7. The second kappa shape index (κ2) is 8.77. The van der Waals surface area contributed by atoms with Crippen molar-refractivity contribution in [2.45, 2.75) is 45.1 Å². The maximum Gasteiger partial charge on any atom is 0.265 e. The van der Waals surface area contributed by atoms with Crippen molar-refractivity contribution in [1.29, 1.82) is 10.5 Å². The van der Waals surface area contributed by atoms with E-state index in [9.17, 15) is 10.1 Å². The molecule has 3 rings (SSSR count). The molecule has 28 heavy (non-hydrogen) atoms. The summed E-state index contributed by atoms with van der Waals surface area (Å²) in [4.78, 5) is 13.9. The lowest BCUT2D eigenvalue weighted by atomic mass is 10.1. The quantitative estimate of drug-likeness (QED) is 0.767. The zero-order valence-electron chi connectivity index (χ0n) is 15.9. The Labute approximate surface area is 168 Å². The minimum absolute atomic E-state index is 0.334. The topological polar surface area (TPSA) is 95.1 Å². The maximum absolute atomic E-state index is 12.7. The van der Waals surface area contributed by atoms with Gasteiger partial charge in [0.1, 0.15) is 11.1 Å². The van der Waals surface area contributed by atoms with Crippen molar-refractivity contribution >= 4 is 22.2 Å². The molecule has 1 aromatic carbocycles. The summed E-state index contributed by atoms with van der Waals surface area (Å²) < 4.78 is 11.0. The molecule has 1 aromatic heterocycles. The number of aryl methyl sites for hydroxylation is 1. The van der Waals surface area contributed by atoms with Crippen molar-refractivity contribution in [3.8, 4) is 23.6 Å². The number of carbonyl (C=O) groups excluding carboxylic acids is 1. The molecule has 1 atom stereocenters. The number of benzene rings is 1. The van der Waals surface area contributed by atoms with Gasteiger partial charge in [-0.05, 0) is 50.3 Å². The highest BCUT2D eigenvalue weighted by atomic mass is 32.1. The van der Waals surface area contributed by atoms with Crippen LogP contribution in [0.15, 0.2) is 18.2 Å². The molecule has 1 unspecified atom stereocenters. The molecule has 0 radical (unpaired) electrons. The van der Waals surface area contributed by atoms with Crippen LogP contribution in [0.4, 0.5) is 5.00 Å². The van der Waals surface area contributed by atoms with E-state index >= 15 is 0 Å². The smallest absolute Gasteiger partial charge is 0.265 e. The highest BCUT2D eigenvalue weighted by Gasteiger charge is 2.24. The first-order chi connectivity index (χ1) is 13.6. The Morgan fingerprint density at radius 3 is 2.68 bits per heavy atom. The van der Waals surface area contributed by atoms with Crippen molar-refractivity contribution < 1.29 is 14.3 Å². The first-order valence-corrected chi connectivity index (χ1v) is 9.99. The number of hydrogen-bond donors (Lipinski definition) is 1. The first kappa shape index (κ1) is 19.7. The van der Waals surface area contributed by atoms with Gasteiger partial charge in [0, 0.05) is 10.9 Å². The third kappa shape index (κ3) is 4.11. The van der Waals surface area contributed by atoms with Crippen LogP contribution in [0.25, 0.3) is 0 Å². The van der Waals surface area contributed by atoms with Crippen LogP contribution in [-0.4, -0.2) is 19.1 Å². The van der Waals surface area contributed by atoms with Crippen molar-refractivity contribution in [2.75, 3.05) is 12.4 Å². The van der Waals surface area contributed by atoms with E-state index < -0.39 is 6.10 Å². The molecule has 1 amide bonds. The number of nitrogens with zero attached hydrogens (tertiary/aromatic N) is 2. The summed E-state index contributed by atoms with van der Waals surface area (Å²) in [7, 11) is 1.48. The Balaban J connectivity index is 1.75. The van der Waals surface area contributed by atoms with E-state index in [1.54, 1.807) is 25.1 Å². The van der Waals surface area contributed by atoms with Crippen LogP contribution >= 0.6 is 11.3 Å². The van der Waals surface area contributed by atoms with Crippen LogP contribution in [0.2, 0.25) is 0 Å². The van der Waals surface area contributed by atoms with E-state index in [2.05, 4.69) is 11.4 Å². The van der Waals surface area contributed by atoms with Crippen molar-refractivity contribution in [3.05, 3.63) is 39.8 Å². The van der Waals surface area contributed by atoms with Gasteiger partial charge in [0.25, 0.3) is 5.91 Å². The third-order valence-corrected chi connectivity index (χ3v) is 5.94. The van der Waals surface area contributed by atoms with Crippen LogP contribution in [0, 0.1) is 22.7 Å². The summed E-state index contributed by atoms with van der Waals surface area (Å²) in [5.41, 5.74) is 2.11. The van der Waals surface area contributed by atoms with E-state index in [1.807, 2.05) is 6.07 Å². The van der Waals surface area contributed by atoms with E-state index in [1.165, 1.54) is 29.7 Å². The molecule has 0 bridgehead atoms. The SMILES string of the molecule is COc1cc(C#N)ccc1OC(C)C(=O)Nc1sc2c(c1C#N)CCCCC2. The minimum atomic E-state index is -0.796. The van der Waals surface area contributed by atoms with Gasteiger partial charge in [-0.15, -0.1) is 11.3 Å². The second-order valence-corrected chi connectivity index (χ2v) is 7.71. The molecule has 1 aliphatic carbocycles. The highest BCUT2D eigenvalue weighted by molar-refractivity contribution is 7.16. The summed E-state index contributed by atoms with van der Waals surface area (Å²) in [6.45, 7) is 1.64. The van der Waals surface area contributed by atoms with E-state index in [-0.39, 0.29) is 5.91 Å². The van der Waals surface area contributed by atoms with Crippen LogP contribution in [0.3, 0.4) is 0 Å². The van der Waals surface area contributed by atoms with Crippen LogP contribution in [0.1, 0.15) is 47.8 Å². The van der Waals surface area contributed by atoms with Gasteiger partial charge in [-0.25, -0.2) is 0 Å². The molecule has 0 aliphatic heterocycles. The summed E-state index contributed by atoms with van der Waals surface area (Å²) >= 11 is 1.49. The van der Waals surface area contributed by atoms with E-state index in [0.29, 0.717) is 27.6 Å². The number of fused-ring (bicyclic) bond motifs is 1. The Hall–Kier alpha value is -3.03. The van der Waals surface area contributed by atoms with Gasteiger partial charge in [-0.1, -0.05) is 6.42 Å². The van der Waals surface area contributed by atoms with Gasteiger partial charge >= 0.3 is 0 Å². The van der Waals surface area contributed by atoms with Crippen molar-refractivity contribution in [2.24, 2.45) is 0 Å². The second-order valence-electron chi connectivity index (χ2n) is 6.61. The Morgan fingerprint density at radius 2 is 1.96 bits per heavy atom. The zero-order chi connectivity index (χ0) is 20.1. The van der Waals surface area contributed by atoms with Crippen LogP contribution < -0.4 is 14.8 Å². The molecule has 144 valence electrons. The van der Waals surface area contributed by atoms with Gasteiger partial charge in [-0.2, -0.15) is 10.5 Å². The Bertz CT molecular complexity index is 968. The normalized spacial score (nSPS) is 14.0. The third-order valence-electron chi connectivity index (χ3n) is 4.74. The largest absolute Gasteiger partial charge is 0.493 e. The van der Waals surface area contributed by atoms with Gasteiger partial charge in [0.15, 0.2) is 17.6 Å². The number of ether oxygens (including phenoxy) is 2. The average Bonchev–Trinajstić information content (AvgIpc) is 2.86. The number of thiophene rings is 1. The molecule has 1 N–H and O–H groups in total. The molecule has 0 saturated heterocycles. The summed E-state index contributed by atoms with van der Waals surface area (Å²) in [5.74, 6) is 0.435. The fourth-order valence-corrected chi connectivity index (χ4v) is 4.48. The van der Waals surface area contributed by atoms with Crippen molar-refractivity contribution in [3.63, 3.8) is 0 Å². The number of methoxy groups -OCH3 is 1. The van der Waals surface area contributed by atoms with Crippen LogP contribution in [0.5, 0.6) is 11.5 Å². The zero-order valence-corrected chi connectivity index (χ0v) is 16.7. The predicted molar refractivity (Wildman–Crippen MR) is 107 cm³/mol. The van der Waals surface area contributed by atoms with Gasteiger partial charge in [0.2, 0.25) is 0 Å².